The van der Waals surface area contributed by atoms with Gasteiger partial charge in [-0.3, -0.25) is 0 Å². The molecular formula is C8H6NOS2W-. The Morgan fingerprint density at radius 1 is 1.77 bits per heavy atom. The summed E-state index contributed by atoms with van der Waals surface area (Å²) in [6.45, 7) is 0. The van der Waals surface area contributed by atoms with Gasteiger partial charge in [-0.05, 0) is 0 Å². The molecule has 1 rings (SSSR count). The third-order valence-electron chi connectivity index (χ3n) is 1.15. The first-order chi connectivity index (χ1) is 6.26. The molecule has 0 aliphatic heterocycles. The van der Waals surface area contributed by atoms with E-state index in [2.05, 4.69) is 11.1 Å². The molecule has 0 atom stereocenters. The number of nitrogens with zero attached hydrogens (tertiary/aromatic N) is 1. The van der Waals surface area contributed by atoms with Crippen LogP contribution in [0.3, 0.4) is 0 Å². The number of aromatic nitrogens is 1. The average Bonchev–Trinajstić information content (AvgIpc) is 2.18. The van der Waals surface area contributed by atoms with Crippen molar-refractivity contribution < 1.29 is 24.1 Å². The molecule has 0 aliphatic rings. The molecule has 1 aromatic rings. The molecule has 0 saturated heterocycles. The van der Waals surface area contributed by atoms with Gasteiger partial charge in [0.2, 0.25) is 0 Å². The standard InChI is InChI=1S/C8H6NOS2.W/c1-11-8-6-7(2-3-9-8)12-5-4-10;/h2-4H,1H3;/q-1;. The zero-order valence-corrected chi connectivity index (χ0v) is 11.4. The Morgan fingerprint density at radius 2 is 2.54 bits per heavy atom. The fourth-order valence-electron chi connectivity index (χ4n) is 0.648. The van der Waals surface area contributed by atoms with Crippen molar-refractivity contribution in [3.63, 3.8) is 0 Å². The molecule has 0 amide bonds. The summed E-state index contributed by atoms with van der Waals surface area (Å²) in [5, 5.41) is 0.860. The maximum absolute atomic E-state index is 10.4. The minimum atomic E-state index is 0.814. The third-order valence-corrected chi connectivity index (χ3v) is 3.74. The van der Waals surface area contributed by atoms with Crippen molar-refractivity contribution in [2.45, 2.75) is 9.92 Å². The van der Waals surface area contributed by atoms with E-state index in [0.29, 0.717) is 0 Å². The molecular weight excluding hydrogens is 374 g/mol. The van der Waals surface area contributed by atoms with Crippen LogP contribution < -0.4 is 0 Å². The van der Waals surface area contributed by atoms with Crippen LogP contribution in [0, 0.1) is 6.07 Å². The van der Waals surface area contributed by atoms with Gasteiger partial charge in [0.25, 0.3) is 0 Å². The molecule has 5 heteroatoms. The van der Waals surface area contributed by atoms with Crippen molar-refractivity contribution in [3.05, 3.63) is 18.3 Å². The predicted molar refractivity (Wildman–Crippen MR) is 51.8 cm³/mol. The summed E-state index contributed by atoms with van der Waals surface area (Å²) < 4.78 is 0.814. The van der Waals surface area contributed by atoms with Crippen molar-refractivity contribution in [2.75, 3.05) is 6.26 Å². The summed E-state index contributed by atoms with van der Waals surface area (Å²) >= 11 is 4.18. The first kappa shape index (κ1) is 11.2. The molecule has 1 heterocycles. The van der Waals surface area contributed by atoms with Crippen LogP contribution in [0.4, 0.5) is 0 Å². The molecule has 68 valence electrons. The number of hydrogen-bond donors (Lipinski definition) is 0. The van der Waals surface area contributed by atoms with Gasteiger partial charge in [-0.15, -0.1) is 0 Å². The van der Waals surface area contributed by atoms with Gasteiger partial charge in [0.15, 0.2) is 0 Å². The molecule has 0 bridgehead atoms. The Kier molecular flexibility index (Phi) is 4.92. The van der Waals surface area contributed by atoms with E-state index in [9.17, 15) is 4.79 Å². The topological polar surface area (TPSA) is 30.0 Å². The summed E-state index contributed by atoms with van der Waals surface area (Å²) in [7, 11) is 0. The van der Waals surface area contributed by atoms with Gasteiger partial charge < -0.3 is 0 Å². The number of carbonyl (C=O) groups is 1. The number of carbonyl (C=O) groups excluding carboxylic acids is 1. The van der Waals surface area contributed by atoms with E-state index < -0.39 is 0 Å². The van der Waals surface area contributed by atoms with Gasteiger partial charge in [0, 0.05) is 0 Å². The van der Waals surface area contributed by atoms with Gasteiger partial charge in [-0.2, -0.15) is 0 Å². The SMILES string of the molecule is CSc1[c-]c(S[C](=[W])C=O)ccn1. The Labute approximate surface area is 96.3 Å². The van der Waals surface area contributed by atoms with E-state index in [1.807, 2.05) is 12.3 Å². The van der Waals surface area contributed by atoms with Crippen LogP contribution in [0.25, 0.3) is 0 Å². The van der Waals surface area contributed by atoms with E-state index in [0.717, 1.165) is 19.4 Å². The number of thioether (sulfide) groups is 2. The molecule has 0 spiro atoms. The summed E-state index contributed by atoms with van der Waals surface area (Å²) in [6, 6.07) is 4.97. The monoisotopic (exact) mass is 380 g/mol. The first-order valence-corrected chi connectivity index (χ1v) is 6.86. The van der Waals surface area contributed by atoms with Crippen LogP contribution in [0.2, 0.25) is 0 Å². The van der Waals surface area contributed by atoms with Crippen molar-refractivity contribution in [3.8, 4) is 0 Å². The van der Waals surface area contributed by atoms with Gasteiger partial charge in [0.1, 0.15) is 0 Å². The first-order valence-electron chi connectivity index (χ1n) is 3.35. The van der Waals surface area contributed by atoms with Crippen molar-refractivity contribution in [1.82, 2.24) is 4.98 Å². The van der Waals surface area contributed by atoms with Crippen LogP contribution in [-0.2, 0) is 24.1 Å². The van der Waals surface area contributed by atoms with Crippen molar-refractivity contribution in [2.24, 2.45) is 0 Å². The quantitative estimate of drug-likeness (QED) is 0.451. The van der Waals surface area contributed by atoms with Crippen molar-refractivity contribution >= 4 is 33.0 Å². The Bertz CT molecular complexity index is 330. The summed E-state index contributed by atoms with van der Waals surface area (Å²) in [5.41, 5.74) is 0. The van der Waals surface area contributed by atoms with E-state index in [4.69, 9.17) is 0 Å². The van der Waals surface area contributed by atoms with Crippen molar-refractivity contribution in [1.29, 1.82) is 0 Å². The summed E-state index contributed by atoms with van der Waals surface area (Å²) in [4.78, 5) is 15.4. The van der Waals surface area contributed by atoms with Crippen LogP contribution in [0.1, 0.15) is 0 Å². The van der Waals surface area contributed by atoms with Gasteiger partial charge in [-0.25, -0.2) is 0 Å². The molecule has 0 radical (unpaired) electrons. The third kappa shape index (κ3) is 3.75. The normalized spacial score (nSPS) is 9.62. The van der Waals surface area contributed by atoms with Crippen LogP contribution in [-0.4, -0.2) is 20.8 Å². The van der Waals surface area contributed by atoms with Crippen LogP contribution in [0.15, 0.2) is 22.2 Å². The van der Waals surface area contributed by atoms with Crippen LogP contribution >= 0.6 is 23.5 Å². The second kappa shape index (κ2) is 5.73. The molecule has 0 unspecified atom stereocenters. The zero-order valence-electron chi connectivity index (χ0n) is 6.81. The zero-order chi connectivity index (χ0) is 9.68. The van der Waals surface area contributed by atoms with E-state index >= 15 is 0 Å². The van der Waals surface area contributed by atoms with Crippen LogP contribution in [0.5, 0.6) is 0 Å². The van der Waals surface area contributed by atoms with E-state index in [-0.39, 0.29) is 0 Å². The second-order valence-electron chi connectivity index (χ2n) is 1.98. The summed E-state index contributed by atoms with van der Waals surface area (Å²) in [5.74, 6) is 0. The Morgan fingerprint density at radius 3 is 3.15 bits per heavy atom. The fourth-order valence-corrected chi connectivity index (χ4v) is 2.60. The van der Waals surface area contributed by atoms with E-state index in [1.165, 1.54) is 31.1 Å². The number of pyridine rings is 1. The van der Waals surface area contributed by atoms with Gasteiger partial charge >= 0.3 is 96.7 Å². The second-order valence-corrected chi connectivity index (χ2v) is 6.47. The van der Waals surface area contributed by atoms with Gasteiger partial charge in [-0.1, -0.05) is 0 Å². The van der Waals surface area contributed by atoms with E-state index in [1.54, 1.807) is 18.0 Å². The maximum atomic E-state index is 10.4. The Hall–Kier alpha value is 0.0783. The summed E-state index contributed by atoms with van der Waals surface area (Å²) in [6.07, 6.45) is 4.57. The molecule has 13 heavy (non-hydrogen) atoms. The fraction of sp³-hybridized carbons (Fsp3) is 0.125. The Balaban J connectivity index is 2.77. The number of aldehydes is 1. The molecule has 1 aromatic heterocycles. The molecule has 0 saturated carbocycles. The molecule has 2 nitrogen and oxygen atoms in total. The average molecular weight is 380 g/mol. The molecule has 0 N–H and O–H groups in total. The minimum absolute atomic E-state index is 0.814. The molecule has 0 aromatic carbocycles. The molecule has 0 fully saturated rings. The predicted octanol–water partition coefficient (Wildman–Crippen LogP) is 1.57. The molecule has 0 aliphatic carbocycles. The number of hydrogen-bond acceptors (Lipinski definition) is 4. The van der Waals surface area contributed by atoms with Gasteiger partial charge in [0.05, 0.1) is 0 Å². The number of rotatable bonds is 4.